The highest BCUT2D eigenvalue weighted by molar-refractivity contribution is 5.07. The third kappa shape index (κ3) is 2.71. The van der Waals surface area contributed by atoms with E-state index in [1.807, 2.05) is 13.0 Å². The van der Waals surface area contributed by atoms with Crippen molar-refractivity contribution in [2.45, 2.75) is 51.5 Å². The maximum Gasteiger partial charge on any atom is 0.118 e. The van der Waals surface area contributed by atoms with Crippen LogP contribution < -0.4 is 0 Å². The molecule has 0 unspecified atom stereocenters. The first kappa shape index (κ1) is 13.2. The first-order valence-electron chi connectivity index (χ1n) is 7.30. The third-order valence-corrected chi connectivity index (χ3v) is 4.12. The van der Waals surface area contributed by atoms with Gasteiger partial charge < -0.3 is 13.9 Å². The summed E-state index contributed by atoms with van der Waals surface area (Å²) >= 11 is 0. The lowest BCUT2D eigenvalue weighted by molar-refractivity contribution is -0.0751. The van der Waals surface area contributed by atoms with Gasteiger partial charge in [0.25, 0.3) is 0 Å². The molecule has 4 nitrogen and oxygen atoms in total. The topological polar surface area (TPSA) is 34.8 Å². The molecule has 2 aliphatic rings. The minimum absolute atomic E-state index is 0.214. The first-order chi connectivity index (χ1) is 9.28. The second-order valence-corrected chi connectivity index (χ2v) is 5.48. The van der Waals surface area contributed by atoms with Crippen molar-refractivity contribution in [1.82, 2.24) is 4.90 Å². The van der Waals surface area contributed by atoms with Gasteiger partial charge in [-0.15, -0.1) is 0 Å². The van der Waals surface area contributed by atoms with Crippen molar-refractivity contribution in [3.8, 4) is 0 Å². The number of furan rings is 1. The number of hydrogen-bond acceptors (Lipinski definition) is 4. The van der Waals surface area contributed by atoms with Gasteiger partial charge in [0.1, 0.15) is 17.6 Å². The molecule has 0 N–H and O–H groups in total. The Labute approximate surface area is 114 Å². The Bertz CT molecular complexity index is 417. The molecular formula is C15H23NO3. The average molecular weight is 265 g/mol. The zero-order chi connectivity index (χ0) is 13.2. The number of hydrogen-bond donors (Lipinski definition) is 0. The fourth-order valence-electron chi connectivity index (χ4n) is 3.32. The lowest BCUT2D eigenvalue weighted by Crippen LogP contribution is -2.41. The van der Waals surface area contributed by atoms with E-state index in [4.69, 9.17) is 13.9 Å². The predicted molar refractivity (Wildman–Crippen MR) is 72.0 cm³/mol. The average Bonchev–Trinajstić information content (AvgIpc) is 2.97. The van der Waals surface area contributed by atoms with Crippen LogP contribution in [0.25, 0.3) is 0 Å². The smallest absolute Gasteiger partial charge is 0.118 e. The number of rotatable bonds is 4. The molecule has 2 fully saturated rings. The zero-order valence-corrected chi connectivity index (χ0v) is 11.8. The Morgan fingerprint density at radius 3 is 3.05 bits per heavy atom. The van der Waals surface area contributed by atoms with Gasteiger partial charge in [0.2, 0.25) is 0 Å². The normalized spacial score (nSPS) is 31.6. The highest BCUT2D eigenvalue weighted by Crippen LogP contribution is 2.31. The fraction of sp³-hybridized carbons (Fsp3) is 0.733. The highest BCUT2D eigenvalue weighted by Gasteiger charge is 2.44. The van der Waals surface area contributed by atoms with E-state index < -0.39 is 0 Å². The molecule has 3 heterocycles. The van der Waals surface area contributed by atoms with Gasteiger partial charge in [0.05, 0.1) is 12.6 Å². The lowest BCUT2D eigenvalue weighted by atomic mass is 10.0. The van der Waals surface area contributed by atoms with E-state index in [2.05, 4.69) is 17.9 Å². The quantitative estimate of drug-likeness (QED) is 0.837. The molecule has 3 rings (SSSR count). The Morgan fingerprint density at radius 1 is 1.42 bits per heavy atom. The SMILES string of the molecule is CCO[C@H]1CN(Cc2ccc(C)o2)[C@@H]2CCCO[C@H]12. The van der Waals surface area contributed by atoms with Crippen LogP contribution in [0.4, 0.5) is 0 Å². The van der Waals surface area contributed by atoms with E-state index in [0.29, 0.717) is 6.04 Å². The largest absolute Gasteiger partial charge is 0.465 e. The van der Waals surface area contributed by atoms with Crippen molar-refractivity contribution in [1.29, 1.82) is 0 Å². The molecule has 3 atom stereocenters. The summed E-state index contributed by atoms with van der Waals surface area (Å²) in [5, 5.41) is 0. The van der Waals surface area contributed by atoms with E-state index in [1.165, 1.54) is 6.42 Å². The van der Waals surface area contributed by atoms with Gasteiger partial charge in [-0.25, -0.2) is 0 Å². The van der Waals surface area contributed by atoms with Crippen LogP contribution in [0.5, 0.6) is 0 Å². The van der Waals surface area contributed by atoms with E-state index in [1.54, 1.807) is 0 Å². The van der Waals surface area contributed by atoms with E-state index in [9.17, 15) is 0 Å². The summed E-state index contributed by atoms with van der Waals surface area (Å²) in [6, 6.07) is 4.58. The molecule has 0 saturated carbocycles. The molecule has 2 aliphatic heterocycles. The van der Waals surface area contributed by atoms with Gasteiger partial charge in [0.15, 0.2) is 0 Å². The van der Waals surface area contributed by atoms with Gasteiger partial charge in [-0.2, -0.15) is 0 Å². The summed E-state index contributed by atoms with van der Waals surface area (Å²) in [6.07, 6.45) is 2.80. The molecular weight excluding hydrogens is 242 g/mol. The molecule has 2 saturated heterocycles. The molecule has 0 bridgehead atoms. The van der Waals surface area contributed by atoms with Crippen LogP contribution in [0.1, 0.15) is 31.3 Å². The van der Waals surface area contributed by atoms with Crippen molar-refractivity contribution in [2.75, 3.05) is 19.8 Å². The molecule has 4 heteroatoms. The summed E-state index contributed by atoms with van der Waals surface area (Å²) in [5.41, 5.74) is 0. The van der Waals surface area contributed by atoms with E-state index in [0.717, 1.165) is 44.2 Å². The van der Waals surface area contributed by atoms with Gasteiger partial charge in [0, 0.05) is 25.8 Å². The van der Waals surface area contributed by atoms with Crippen LogP contribution in [-0.4, -0.2) is 42.9 Å². The van der Waals surface area contributed by atoms with Crippen molar-refractivity contribution in [2.24, 2.45) is 0 Å². The van der Waals surface area contributed by atoms with Crippen molar-refractivity contribution in [3.05, 3.63) is 23.7 Å². The van der Waals surface area contributed by atoms with Crippen LogP contribution >= 0.6 is 0 Å². The van der Waals surface area contributed by atoms with Crippen molar-refractivity contribution >= 4 is 0 Å². The van der Waals surface area contributed by atoms with Gasteiger partial charge in [-0.1, -0.05) is 0 Å². The summed E-state index contributed by atoms with van der Waals surface area (Å²) < 4.78 is 17.5. The van der Waals surface area contributed by atoms with Crippen LogP contribution in [-0.2, 0) is 16.0 Å². The van der Waals surface area contributed by atoms with Gasteiger partial charge in [-0.05, 0) is 38.8 Å². The molecule has 0 spiro atoms. The molecule has 0 aromatic carbocycles. The second-order valence-electron chi connectivity index (χ2n) is 5.48. The highest BCUT2D eigenvalue weighted by atomic mass is 16.5. The molecule has 0 aliphatic carbocycles. The standard InChI is InChI=1S/C15H23NO3/c1-3-17-14-10-16(9-12-7-6-11(2)19-12)13-5-4-8-18-15(13)14/h6-7,13-15H,3-5,8-10H2,1-2H3/t13-,14+,15+/m1/s1. The lowest BCUT2D eigenvalue weighted by Gasteiger charge is -2.31. The number of likely N-dealkylation sites (tertiary alicyclic amines) is 1. The third-order valence-electron chi connectivity index (χ3n) is 4.12. The fourth-order valence-corrected chi connectivity index (χ4v) is 3.32. The summed E-state index contributed by atoms with van der Waals surface area (Å²) in [4.78, 5) is 2.46. The molecule has 106 valence electrons. The van der Waals surface area contributed by atoms with E-state index >= 15 is 0 Å². The molecule has 1 aromatic rings. The Morgan fingerprint density at radius 2 is 2.32 bits per heavy atom. The van der Waals surface area contributed by atoms with Gasteiger partial charge in [-0.3, -0.25) is 4.90 Å². The van der Waals surface area contributed by atoms with Gasteiger partial charge >= 0.3 is 0 Å². The van der Waals surface area contributed by atoms with Crippen LogP contribution in [0.3, 0.4) is 0 Å². The molecule has 0 amide bonds. The minimum Gasteiger partial charge on any atom is -0.465 e. The first-order valence-corrected chi connectivity index (χ1v) is 7.30. The summed E-state index contributed by atoms with van der Waals surface area (Å²) in [7, 11) is 0. The Balaban J connectivity index is 1.70. The second kappa shape index (κ2) is 5.65. The summed E-state index contributed by atoms with van der Waals surface area (Å²) in [5.74, 6) is 2.02. The minimum atomic E-state index is 0.214. The maximum atomic E-state index is 5.94. The van der Waals surface area contributed by atoms with Crippen LogP contribution in [0, 0.1) is 6.92 Å². The van der Waals surface area contributed by atoms with Crippen LogP contribution in [0.2, 0.25) is 0 Å². The number of nitrogens with zero attached hydrogens (tertiary/aromatic N) is 1. The predicted octanol–water partition coefficient (Wildman–Crippen LogP) is 2.36. The van der Waals surface area contributed by atoms with E-state index in [-0.39, 0.29) is 12.2 Å². The Hall–Kier alpha value is -0.840. The maximum absolute atomic E-state index is 5.94. The number of aryl methyl sites for hydroxylation is 1. The van der Waals surface area contributed by atoms with Crippen molar-refractivity contribution < 1.29 is 13.9 Å². The number of fused-ring (bicyclic) bond motifs is 1. The van der Waals surface area contributed by atoms with Crippen LogP contribution in [0.15, 0.2) is 16.5 Å². The Kier molecular flexibility index (Phi) is 3.91. The molecule has 19 heavy (non-hydrogen) atoms. The molecule has 1 aromatic heterocycles. The number of ether oxygens (including phenoxy) is 2. The summed E-state index contributed by atoms with van der Waals surface area (Å²) in [6.45, 7) is 7.48. The zero-order valence-electron chi connectivity index (χ0n) is 11.8. The monoisotopic (exact) mass is 265 g/mol. The molecule has 0 radical (unpaired) electrons. The van der Waals surface area contributed by atoms with Crippen molar-refractivity contribution in [3.63, 3.8) is 0 Å².